The molecule has 106 valence electrons. The number of nitrogens with two attached hydrogens (primary N) is 1. The van der Waals surface area contributed by atoms with Crippen molar-refractivity contribution >= 4 is 11.6 Å². The lowest BCUT2D eigenvalue weighted by atomic mass is 10.2. The lowest BCUT2D eigenvalue weighted by molar-refractivity contribution is 0.554. The summed E-state index contributed by atoms with van der Waals surface area (Å²) in [7, 11) is 0. The molecular formula is C14H16ClN3O2. The zero-order chi connectivity index (χ0) is 14.5. The van der Waals surface area contributed by atoms with Crippen LogP contribution in [0.1, 0.15) is 12.0 Å². The van der Waals surface area contributed by atoms with Crippen LogP contribution < -0.4 is 17.0 Å². The first-order valence-electron chi connectivity index (χ1n) is 6.36. The number of rotatable bonds is 5. The zero-order valence-electron chi connectivity index (χ0n) is 11.0. The van der Waals surface area contributed by atoms with Gasteiger partial charge in [-0.25, -0.2) is 4.79 Å². The van der Waals surface area contributed by atoms with Crippen LogP contribution in [0.5, 0.6) is 0 Å². The molecule has 0 aliphatic carbocycles. The summed E-state index contributed by atoms with van der Waals surface area (Å²) < 4.78 is 2.70. The molecule has 0 saturated heterocycles. The second kappa shape index (κ2) is 6.54. The minimum atomic E-state index is -0.328. The van der Waals surface area contributed by atoms with Crippen molar-refractivity contribution in [1.29, 1.82) is 0 Å². The molecule has 5 nitrogen and oxygen atoms in total. The average Bonchev–Trinajstić information content (AvgIpc) is 2.42. The van der Waals surface area contributed by atoms with Crippen LogP contribution in [-0.4, -0.2) is 15.7 Å². The first kappa shape index (κ1) is 14.6. The van der Waals surface area contributed by atoms with Gasteiger partial charge in [0.25, 0.3) is 5.56 Å². The van der Waals surface area contributed by atoms with E-state index in [4.69, 9.17) is 17.3 Å². The molecule has 1 aromatic heterocycles. The smallest absolute Gasteiger partial charge is 0.330 e. The Hall–Kier alpha value is -1.85. The molecule has 1 heterocycles. The highest BCUT2D eigenvalue weighted by Gasteiger charge is 2.05. The van der Waals surface area contributed by atoms with Gasteiger partial charge in [-0.2, -0.15) is 0 Å². The van der Waals surface area contributed by atoms with Gasteiger partial charge in [-0.3, -0.25) is 13.9 Å². The molecule has 0 aliphatic heterocycles. The van der Waals surface area contributed by atoms with Crippen LogP contribution in [0.2, 0.25) is 5.02 Å². The molecule has 1 aromatic carbocycles. The van der Waals surface area contributed by atoms with Gasteiger partial charge in [-0.05, 0) is 30.7 Å². The third kappa shape index (κ3) is 3.37. The Morgan fingerprint density at radius 1 is 1.20 bits per heavy atom. The van der Waals surface area contributed by atoms with E-state index in [2.05, 4.69) is 0 Å². The Morgan fingerprint density at radius 2 is 2.00 bits per heavy atom. The summed E-state index contributed by atoms with van der Waals surface area (Å²) in [5.41, 5.74) is 5.69. The molecule has 0 fully saturated rings. The van der Waals surface area contributed by atoms with Crippen molar-refractivity contribution in [2.24, 2.45) is 5.73 Å². The molecule has 0 unspecified atom stereocenters. The van der Waals surface area contributed by atoms with E-state index in [-0.39, 0.29) is 11.2 Å². The standard InChI is InChI=1S/C14H16ClN3O2/c15-12-4-1-3-11(9-12)10-17-8-5-13(19)18(14(17)20)7-2-6-16/h1,3-5,8-9H,2,6-7,10,16H2. The summed E-state index contributed by atoms with van der Waals surface area (Å²) in [5.74, 6) is 0. The molecular weight excluding hydrogens is 278 g/mol. The minimum Gasteiger partial charge on any atom is -0.330 e. The van der Waals surface area contributed by atoms with Crippen molar-refractivity contribution in [2.75, 3.05) is 6.54 Å². The van der Waals surface area contributed by atoms with Crippen LogP contribution in [0.4, 0.5) is 0 Å². The highest BCUT2D eigenvalue weighted by Crippen LogP contribution is 2.10. The summed E-state index contributed by atoms with van der Waals surface area (Å²) >= 11 is 5.92. The molecule has 0 radical (unpaired) electrons. The van der Waals surface area contributed by atoms with Crippen molar-refractivity contribution < 1.29 is 0 Å². The molecule has 0 aliphatic rings. The lowest BCUT2D eigenvalue weighted by Crippen LogP contribution is -2.39. The van der Waals surface area contributed by atoms with E-state index in [1.54, 1.807) is 12.1 Å². The fourth-order valence-electron chi connectivity index (χ4n) is 1.96. The van der Waals surface area contributed by atoms with Crippen LogP contribution in [-0.2, 0) is 13.1 Å². The van der Waals surface area contributed by atoms with Crippen LogP contribution in [0, 0.1) is 0 Å². The summed E-state index contributed by atoms with van der Waals surface area (Å²) in [6, 6.07) is 8.67. The van der Waals surface area contributed by atoms with Gasteiger partial charge in [-0.1, -0.05) is 23.7 Å². The van der Waals surface area contributed by atoms with Gasteiger partial charge in [0.1, 0.15) is 0 Å². The van der Waals surface area contributed by atoms with Gasteiger partial charge in [0, 0.05) is 23.8 Å². The van der Waals surface area contributed by atoms with Crippen LogP contribution in [0.25, 0.3) is 0 Å². The number of hydrogen-bond acceptors (Lipinski definition) is 3. The SMILES string of the molecule is NCCCn1c(=O)ccn(Cc2cccc(Cl)c2)c1=O. The Kier molecular flexibility index (Phi) is 4.76. The van der Waals surface area contributed by atoms with Crippen molar-refractivity contribution in [1.82, 2.24) is 9.13 Å². The summed E-state index contributed by atoms with van der Waals surface area (Å²) in [6.07, 6.45) is 2.10. The van der Waals surface area contributed by atoms with E-state index in [0.717, 1.165) is 5.56 Å². The van der Waals surface area contributed by atoms with Gasteiger partial charge >= 0.3 is 5.69 Å². The van der Waals surface area contributed by atoms with E-state index >= 15 is 0 Å². The number of benzene rings is 1. The molecule has 0 amide bonds. The van der Waals surface area contributed by atoms with E-state index in [0.29, 0.717) is 31.1 Å². The summed E-state index contributed by atoms with van der Waals surface area (Å²) in [4.78, 5) is 23.9. The van der Waals surface area contributed by atoms with Crippen molar-refractivity contribution in [3.63, 3.8) is 0 Å². The summed E-state index contributed by atoms with van der Waals surface area (Å²) in [6.45, 7) is 1.15. The van der Waals surface area contributed by atoms with E-state index in [9.17, 15) is 9.59 Å². The van der Waals surface area contributed by atoms with Crippen molar-refractivity contribution in [3.8, 4) is 0 Å². The van der Waals surface area contributed by atoms with Crippen LogP contribution in [0.3, 0.4) is 0 Å². The molecule has 0 spiro atoms. The molecule has 2 aromatic rings. The Bertz CT molecular complexity index is 706. The van der Waals surface area contributed by atoms with E-state index in [1.807, 2.05) is 12.1 Å². The second-order valence-electron chi connectivity index (χ2n) is 4.49. The fourth-order valence-corrected chi connectivity index (χ4v) is 2.18. The molecule has 6 heteroatoms. The highest BCUT2D eigenvalue weighted by atomic mass is 35.5. The predicted octanol–water partition coefficient (Wildman–Crippen LogP) is 1.06. The van der Waals surface area contributed by atoms with Crippen LogP contribution >= 0.6 is 11.6 Å². The van der Waals surface area contributed by atoms with Gasteiger partial charge in [0.05, 0.1) is 6.54 Å². The normalized spacial score (nSPS) is 10.7. The molecule has 0 saturated carbocycles. The first-order valence-corrected chi connectivity index (χ1v) is 6.74. The Morgan fingerprint density at radius 3 is 2.70 bits per heavy atom. The maximum Gasteiger partial charge on any atom is 0.331 e. The van der Waals surface area contributed by atoms with E-state index in [1.165, 1.54) is 21.4 Å². The number of aromatic nitrogens is 2. The zero-order valence-corrected chi connectivity index (χ0v) is 11.7. The average molecular weight is 294 g/mol. The topological polar surface area (TPSA) is 70.0 Å². The lowest BCUT2D eigenvalue weighted by Gasteiger charge is -2.09. The molecule has 0 atom stereocenters. The van der Waals surface area contributed by atoms with Crippen LogP contribution in [0.15, 0.2) is 46.1 Å². The van der Waals surface area contributed by atoms with Gasteiger partial charge in [-0.15, -0.1) is 0 Å². The minimum absolute atomic E-state index is 0.300. The Balaban J connectivity index is 2.33. The summed E-state index contributed by atoms with van der Waals surface area (Å²) in [5, 5.41) is 0.618. The van der Waals surface area contributed by atoms with Gasteiger partial charge in [0.15, 0.2) is 0 Å². The van der Waals surface area contributed by atoms with Gasteiger partial charge in [0.2, 0.25) is 0 Å². The molecule has 20 heavy (non-hydrogen) atoms. The second-order valence-corrected chi connectivity index (χ2v) is 4.92. The maximum absolute atomic E-state index is 12.2. The number of hydrogen-bond donors (Lipinski definition) is 1. The largest absolute Gasteiger partial charge is 0.331 e. The third-order valence-corrected chi connectivity index (χ3v) is 3.20. The van der Waals surface area contributed by atoms with E-state index < -0.39 is 0 Å². The molecule has 0 bridgehead atoms. The third-order valence-electron chi connectivity index (χ3n) is 2.97. The predicted molar refractivity (Wildman–Crippen MR) is 79.2 cm³/mol. The molecule has 2 rings (SSSR count). The quantitative estimate of drug-likeness (QED) is 0.896. The molecule has 2 N–H and O–H groups in total. The number of halogens is 1. The first-order chi connectivity index (χ1) is 9.61. The monoisotopic (exact) mass is 293 g/mol. The highest BCUT2D eigenvalue weighted by molar-refractivity contribution is 6.30. The van der Waals surface area contributed by atoms with Gasteiger partial charge < -0.3 is 5.73 Å². The number of nitrogens with zero attached hydrogens (tertiary/aromatic N) is 2. The fraction of sp³-hybridized carbons (Fsp3) is 0.286. The van der Waals surface area contributed by atoms with Crippen molar-refractivity contribution in [2.45, 2.75) is 19.5 Å². The maximum atomic E-state index is 12.2. The Labute approximate surface area is 121 Å². The van der Waals surface area contributed by atoms with Crippen molar-refractivity contribution in [3.05, 3.63) is 68.0 Å².